The number of thiazole rings is 1. The van der Waals surface area contributed by atoms with Crippen molar-refractivity contribution in [2.24, 2.45) is 0 Å². The van der Waals surface area contributed by atoms with Crippen LogP contribution >= 0.6 is 11.3 Å². The number of amides is 1. The second-order valence-electron chi connectivity index (χ2n) is 4.75. The molecule has 108 valence electrons. The van der Waals surface area contributed by atoms with Crippen LogP contribution in [0, 0.1) is 0 Å². The lowest BCUT2D eigenvalue weighted by Gasteiger charge is -2.30. The zero-order valence-corrected chi connectivity index (χ0v) is 12.3. The van der Waals surface area contributed by atoms with Gasteiger partial charge in [-0.05, 0) is 12.8 Å². The largest absolute Gasteiger partial charge is 0.445 e. The van der Waals surface area contributed by atoms with Gasteiger partial charge in [0.2, 0.25) is 0 Å². The van der Waals surface area contributed by atoms with Crippen molar-refractivity contribution in [1.29, 1.82) is 0 Å². The van der Waals surface area contributed by atoms with E-state index in [1.807, 2.05) is 5.38 Å². The summed E-state index contributed by atoms with van der Waals surface area (Å²) in [7, 11) is 0. The Kier molecular flexibility index (Phi) is 4.89. The predicted octanol–water partition coefficient (Wildman–Crippen LogP) is 2.85. The van der Waals surface area contributed by atoms with Crippen LogP contribution in [0.15, 0.2) is 18.0 Å². The number of nitrogens with zero attached hydrogens (tertiary/aromatic N) is 2. The Hall–Kier alpha value is -1.69. The molecule has 1 aliphatic heterocycles. The van der Waals surface area contributed by atoms with E-state index in [2.05, 4.69) is 11.6 Å². The first-order valence-electron chi connectivity index (χ1n) is 6.60. The van der Waals surface area contributed by atoms with Crippen LogP contribution in [-0.4, -0.2) is 41.5 Å². The Labute approximate surface area is 122 Å². The first-order valence-corrected chi connectivity index (χ1v) is 7.48. The first-order chi connectivity index (χ1) is 9.61. The van der Waals surface area contributed by atoms with Crippen LogP contribution in [0.1, 0.15) is 41.2 Å². The molecule has 2 heterocycles. The van der Waals surface area contributed by atoms with Crippen LogP contribution in [0.3, 0.4) is 0 Å². The van der Waals surface area contributed by atoms with Crippen molar-refractivity contribution >= 4 is 23.2 Å². The lowest BCUT2D eigenvalue weighted by atomic mass is 9.98. The Morgan fingerprint density at radius 3 is 2.80 bits per heavy atom. The number of ketones is 1. The second-order valence-corrected chi connectivity index (χ2v) is 5.64. The van der Waals surface area contributed by atoms with Crippen molar-refractivity contribution in [3.8, 4) is 0 Å². The standard InChI is InChI=1S/C14H18N2O3S/c1-3-8-19-14(18)16-6-4-11(5-7-16)13-15-12(9-20-13)10(2)17/h3,9,11H,1,4-8H2,2H3. The fourth-order valence-electron chi connectivity index (χ4n) is 2.17. The third kappa shape index (κ3) is 3.45. The van der Waals surface area contributed by atoms with Crippen LogP contribution in [0.2, 0.25) is 0 Å². The van der Waals surface area contributed by atoms with Gasteiger partial charge in [-0.2, -0.15) is 0 Å². The predicted molar refractivity (Wildman–Crippen MR) is 77.2 cm³/mol. The Bertz CT molecular complexity index is 504. The monoisotopic (exact) mass is 294 g/mol. The summed E-state index contributed by atoms with van der Waals surface area (Å²) in [5, 5.41) is 2.80. The molecule has 0 aromatic carbocycles. The highest BCUT2D eigenvalue weighted by Gasteiger charge is 2.26. The first kappa shape index (κ1) is 14.7. The molecule has 0 radical (unpaired) electrons. The zero-order valence-electron chi connectivity index (χ0n) is 11.5. The topological polar surface area (TPSA) is 59.5 Å². The van der Waals surface area contributed by atoms with Crippen LogP contribution < -0.4 is 0 Å². The average molecular weight is 294 g/mol. The van der Waals surface area contributed by atoms with Gasteiger partial charge in [-0.15, -0.1) is 11.3 Å². The Morgan fingerprint density at radius 1 is 1.55 bits per heavy atom. The molecule has 0 N–H and O–H groups in total. The number of carbonyl (C=O) groups excluding carboxylic acids is 2. The van der Waals surface area contributed by atoms with Crippen molar-refractivity contribution in [2.45, 2.75) is 25.7 Å². The summed E-state index contributed by atoms with van der Waals surface area (Å²) >= 11 is 1.53. The summed E-state index contributed by atoms with van der Waals surface area (Å²) in [6, 6.07) is 0. The molecule has 0 bridgehead atoms. The summed E-state index contributed by atoms with van der Waals surface area (Å²) in [5.74, 6) is 0.328. The Balaban J connectivity index is 1.88. The molecule has 1 aromatic rings. The maximum atomic E-state index is 11.7. The minimum Gasteiger partial charge on any atom is -0.445 e. The van der Waals surface area contributed by atoms with Gasteiger partial charge >= 0.3 is 6.09 Å². The summed E-state index contributed by atoms with van der Waals surface area (Å²) in [6.45, 7) is 6.61. The van der Waals surface area contributed by atoms with E-state index in [4.69, 9.17) is 4.74 Å². The van der Waals surface area contributed by atoms with Gasteiger partial charge in [0.05, 0.1) is 5.01 Å². The summed E-state index contributed by atoms with van der Waals surface area (Å²) in [4.78, 5) is 29.0. The molecule has 0 aliphatic carbocycles. The normalized spacial score (nSPS) is 15.9. The fourth-order valence-corrected chi connectivity index (χ4v) is 3.20. The van der Waals surface area contributed by atoms with E-state index in [1.54, 1.807) is 11.0 Å². The Morgan fingerprint density at radius 2 is 2.25 bits per heavy atom. The molecule has 2 rings (SSSR count). The smallest absolute Gasteiger partial charge is 0.410 e. The maximum absolute atomic E-state index is 11.7. The summed E-state index contributed by atoms with van der Waals surface area (Å²) in [6.07, 6.45) is 2.98. The molecule has 5 nitrogen and oxygen atoms in total. The van der Waals surface area contributed by atoms with Crippen molar-refractivity contribution in [2.75, 3.05) is 19.7 Å². The number of hydrogen-bond acceptors (Lipinski definition) is 5. The van der Waals surface area contributed by atoms with Crippen LogP contribution in [0.4, 0.5) is 4.79 Å². The molecule has 20 heavy (non-hydrogen) atoms. The average Bonchev–Trinajstić information content (AvgIpc) is 2.95. The number of piperidine rings is 1. The summed E-state index contributed by atoms with van der Waals surface area (Å²) in [5.41, 5.74) is 0.540. The van der Waals surface area contributed by atoms with Crippen LogP contribution in [0.5, 0.6) is 0 Å². The van der Waals surface area contributed by atoms with E-state index < -0.39 is 0 Å². The molecule has 1 amide bonds. The minimum absolute atomic E-state index is 0.00191. The third-order valence-electron chi connectivity index (χ3n) is 3.31. The number of carbonyl (C=O) groups is 2. The molecule has 0 unspecified atom stereocenters. The number of ether oxygens (including phenoxy) is 1. The van der Waals surface area contributed by atoms with Crippen LogP contribution in [-0.2, 0) is 4.74 Å². The fraction of sp³-hybridized carbons (Fsp3) is 0.500. The lowest BCUT2D eigenvalue weighted by molar-refractivity contribution is 0.101. The highest BCUT2D eigenvalue weighted by molar-refractivity contribution is 7.09. The van der Waals surface area contributed by atoms with E-state index >= 15 is 0 Å². The van der Waals surface area contributed by atoms with Crippen molar-refractivity contribution in [1.82, 2.24) is 9.88 Å². The molecule has 1 aliphatic rings. The van der Waals surface area contributed by atoms with E-state index in [1.165, 1.54) is 18.3 Å². The van der Waals surface area contributed by atoms with Gasteiger partial charge in [-0.3, -0.25) is 4.79 Å². The van der Waals surface area contributed by atoms with Gasteiger partial charge in [0.1, 0.15) is 12.3 Å². The molecular formula is C14H18N2O3S. The van der Waals surface area contributed by atoms with Crippen molar-refractivity contribution < 1.29 is 14.3 Å². The van der Waals surface area contributed by atoms with E-state index in [-0.39, 0.29) is 18.5 Å². The van der Waals surface area contributed by atoms with Crippen molar-refractivity contribution in [3.63, 3.8) is 0 Å². The molecule has 1 saturated heterocycles. The highest BCUT2D eigenvalue weighted by atomic mass is 32.1. The van der Waals surface area contributed by atoms with Crippen LogP contribution in [0.25, 0.3) is 0 Å². The number of Topliss-reactive ketones (excluding diaryl/α,β-unsaturated/α-hetero) is 1. The van der Waals surface area contributed by atoms with Gasteiger partial charge in [0, 0.05) is 31.3 Å². The number of hydrogen-bond donors (Lipinski definition) is 0. The minimum atomic E-state index is -0.285. The zero-order chi connectivity index (χ0) is 14.5. The van der Waals surface area contributed by atoms with Gasteiger partial charge in [0.25, 0.3) is 0 Å². The number of rotatable bonds is 4. The summed E-state index contributed by atoms with van der Waals surface area (Å²) < 4.78 is 5.02. The van der Waals surface area contributed by atoms with Crippen molar-refractivity contribution in [3.05, 3.63) is 28.7 Å². The highest BCUT2D eigenvalue weighted by Crippen LogP contribution is 2.30. The molecule has 1 aromatic heterocycles. The van der Waals surface area contributed by atoms with E-state index in [0.717, 1.165) is 17.8 Å². The molecule has 1 fully saturated rings. The molecule has 6 heteroatoms. The van der Waals surface area contributed by atoms with Gasteiger partial charge in [-0.1, -0.05) is 12.7 Å². The maximum Gasteiger partial charge on any atom is 0.410 e. The second kappa shape index (κ2) is 6.65. The van der Waals surface area contributed by atoms with E-state index in [9.17, 15) is 9.59 Å². The van der Waals surface area contributed by atoms with Gasteiger partial charge < -0.3 is 9.64 Å². The number of aromatic nitrogens is 1. The van der Waals surface area contributed by atoms with E-state index in [0.29, 0.717) is 24.7 Å². The van der Waals surface area contributed by atoms with Gasteiger partial charge in [-0.25, -0.2) is 9.78 Å². The quantitative estimate of drug-likeness (QED) is 0.633. The third-order valence-corrected chi connectivity index (χ3v) is 4.32. The molecule has 0 saturated carbocycles. The molecule has 0 atom stereocenters. The molecular weight excluding hydrogens is 276 g/mol. The SMILES string of the molecule is C=CCOC(=O)N1CCC(c2nc(C(C)=O)cs2)CC1. The van der Waals surface area contributed by atoms with Gasteiger partial charge in [0.15, 0.2) is 5.78 Å². The number of likely N-dealkylation sites (tertiary alicyclic amines) is 1. The molecule has 0 spiro atoms. The lowest BCUT2D eigenvalue weighted by Crippen LogP contribution is -2.38.